The fourth-order valence-corrected chi connectivity index (χ4v) is 7.54. The third kappa shape index (κ3) is 8.59. The molecule has 9 nitrogen and oxygen atoms in total. The number of amides is 4. The highest BCUT2D eigenvalue weighted by Gasteiger charge is 2.46. The van der Waals surface area contributed by atoms with Crippen molar-refractivity contribution < 1.29 is 23.9 Å². The number of fused-ring (bicyclic) bond motifs is 1. The van der Waals surface area contributed by atoms with Gasteiger partial charge in [0.15, 0.2) is 0 Å². The minimum absolute atomic E-state index is 0.237. The van der Waals surface area contributed by atoms with Crippen LogP contribution in [0, 0.1) is 11.8 Å². The van der Waals surface area contributed by atoms with Gasteiger partial charge in [-0.3, -0.25) is 14.5 Å². The largest absolute Gasteiger partial charge is 0.355 e. The van der Waals surface area contributed by atoms with Gasteiger partial charge in [-0.25, -0.2) is 4.79 Å². The number of ether oxygens (including phenoxy) is 2. The second-order valence-corrected chi connectivity index (χ2v) is 14.2. The highest BCUT2D eigenvalue weighted by atomic mass is 79.9. The molecule has 0 radical (unpaired) electrons. The molecule has 3 aliphatic rings. The fourth-order valence-electron chi connectivity index (χ4n) is 7.16. The highest BCUT2D eigenvalue weighted by Crippen LogP contribution is 2.33. The van der Waals surface area contributed by atoms with Crippen molar-refractivity contribution in [3.63, 3.8) is 0 Å². The monoisotopic (exact) mass is 704 g/mol. The molecular formula is C37H45BrN4O5. The fraction of sp³-hybridized carbons (Fsp3) is 0.486. The molecule has 0 unspecified atom stereocenters. The molecule has 0 aromatic heterocycles. The van der Waals surface area contributed by atoms with E-state index in [4.69, 9.17) is 9.47 Å². The zero-order valence-corrected chi connectivity index (χ0v) is 28.5. The number of carbonyl (C=O) groups is 3. The second kappa shape index (κ2) is 15.7. The van der Waals surface area contributed by atoms with Crippen molar-refractivity contribution in [3.8, 4) is 0 Å². The first-order valence-electron chi connectivity index (χ1n) is 16.9. The molecule has 2 saturated heterocycles. The lowest BCUT2D eigenvalue weighted by atomic mass is 9.94. The molecule has 6 rings (SSSR count). The number of nitrogens with one attached hydrogen (secondary N) is 2. The van der Waals surface area contributed by atoms with Crippen LogP contribution < -0.4 is 10.6 Å². The molecular weight excluding hydrogens is 660 g/mol. The Hall–Kier alpha value is -3.31. The summed E-state index contributed by atoms with van der Waals surface area (Å²) in [6.45, 7) is 5.52. The number of hydrogen-bond acceptors (Lipinski definition) is 6. The highest BCUT2D eigenvalue weighted by molar-refractivity contribution is 9.10. The number of imide groups is 1. The first-order valence-corrected chi connectivity index (χ1v) is 17.7. The van der Waals surface area contributed by atoms with Crippen LogP contribution >= 0.6 is 15.9 Å². The van der Waals surface area contributed by atoms with Gasteiger partial charge in [0.2, 0.25) is 0 Å². The summed E-state index contributed by atoms with van der Waals surface area (Å²) >= 11 is 3.50. The first-order chi connectivity index (χ1) is 22.9. The van der Waals surface area contributed by atoms with Crippen molar-refractivity contribution in [1.82, 2.24) is 20.4 Å². The number of carbonyl (C=O) groups excluding carboxylic acids is 3. The van der Waals surface area contributed by atoms with Crippen molar-refractivity contribution in [2.45, 2.75) is 50.5 Å². The predicted octanol–water partition coefficient (Wildman–Crippen LogP) is 5.76. The summed E-state index contributed by atoms with van der Waals surface area (Å²) in [5, 5.41) is 8.19. The molecule has 0 spiro atoms. The second-order valence-electron chi connectivity index (χ2n) is 13.3. The third-order valence-corrected chi connectivity index (χ3v) is 10.4. The number of urea groups is 1. The molecule has 3 aromatic rings. The van der Waals surface area contributed by atoms with Gasteiger partial charge < -0.3 is 25.0 Å². The van der Waals surface area contributed by atoms with E-state index in [-0.39, 0.29) is 24.4 Å². The van der Waals surface area contributed by atoms with Gasteiger partial charge in [-0.15, -0.1) is 0 Å². The Labute approximate surface area is 285 Å². The van der Waals surface area contributed by atoms with Gasteiger partial charge in [0.25, 0.3) is 11.8 Å². The Morgan fingerprint density at radius 3 is 2.34 bits per heavy atom. The van der Waals surface area contributed by atoms with Gasteiger partial charge in [0, 0.05) is 35.6 Å². The molecule has 2 aliphatic heterocycles. The molecule has 0 atom stereocenters. The van der Waals surface area contributed by atoms with E-state index in [1.807, 2.05) is 60.7 Å². The van der Waals surface area contributed by atoms with E-state index in [1.54, 1.807) is 6.07 Å². The van der Waals surface area contributed by atoms with Crippen LogP contribution in [0.2, 0.25) is 0 Å². The van der Waals surface area contributed by atoms with Crippen LogP contribution in [0.5, 0.6) is 0 Å². The van der Waals surface area contributed by atoms with E-state index < -0.39 is 5.54 Å². The molecule has 2 heterocycles. The lowest BCUT2D eigenvalue weighted by Crippen LogP contribution is -2.61. The lowest BCUT2D eigenvalue weighted by molar-refractivity contribution is -0.134. The normalized spacial score (nSPS) is 19.0. The van der Waals surface area contributed by atoms with Crippen LogP contribution in [0.25, 0.3) is 10.8 Å². The first kappa shape index (κ1) is 33.6. The number of rotatable bonds is 10. The lowest BCUT2D eigenvalue weighted by Gasteiger charge is -2.36. The molecule has 3 fully saturated rings. The Bertz CT molecular complexity index is 1530. The molecule has 10 heteroatoms. The average molecular weight is 706 g/mol. The SMILES string of the molecule is O=C(NC1(C(=O)N(CCc2ccccc2)C(=O)NCC2CCN(CC3COCOC3)CC2)CCCC1)c1ccc2cc(Br)ccc2c1. The van der Waals surface area contributed by atoms with Crippen LogP contribution in [-0.4, -0.2) is 85.9 Å². The van der Waals surface area contributed by atoms with Crippen LogP contribution in [0.1, 0.15) is 54.4 Å². The summed E-state index contributed by atoms with van der Waals surface area (Å²) in [5.41, 5.74) is 0.415. The van der Waals surface area contributed by atoms with Gasteiger partial charge in [-0.1, -0.05) is 71.2 Å². The molecule has 250 valence electrons. The Morgan fingerprint density at radius 1 is 0.894 bits per heavy atom. The van der Waals surface area contributed by atoms with E-state index in [0.29, 0.717) is 50.0 Å². The standard InChI is InChI=1S/C37H45BrN4O5/c38-33-11-10-30-20-32(9-8-31(30)21-33)34(43)40-37(15-4-5-16-37)35(44)42(19-14-27-6-2-1-3-7-27)36(45)39-22-28-12-17-41(18-13-28)23-29-24-46-26-47-25-29/h1-3,6-11,20-21,28-29H,4-5,12-19,22-26H2,(H,39,45)(H,40,43). The van der Waals surface area contributed by atoms with Crippen LogP contribution in [0.15, 0.2) is 71.2 Å². The van der Waals surface area contributed by atoms with Crippen molar-refractivity contribution in [2.75, 3.05) is 52.7 Å². The van der Waals surface area contributed by atoms with Crippen molar-refractivity contribution in [3.05, 3.63) is 82.3 Å². The molecule has 3 aromatic carbocycles. The predicted molar refractivity (Wildman–Crippen MR) is 185 cm³/mol. The smallest absolute Gasteiger partial charge is 0.324 e. The topological polar surface area (TPSA) is 100 Å². The summed E-state index contributed by atoms with van der Waals surface area (Å²) < 4.78 is 11.9. The maximum absolute atomic E-state index is 14.4. The van der Waals surface area contributed by atoms with E-state index >= 15 is 0 Å². The van der Waals surface area contributed by atoms with E-state index in [1.165, 1.54) is 4.90 Å². The summed E-state index contributed by atoms with van der Waals surface area (Å²) in [4.78, 5) is 45.8. The summed E-state index contributed by atoms with van der Waals surface area (Å²) in [7, 11) is 0. The zero-order valence-electron chi connectivity index (χ0n) is 26.9. The van der Waals surface area contributed by atoms with Crippen LogP contribution in [-0.2, 0) is 20.7 Å². The summed E-state index contributed by atoms with van der Waals surface area (Å²) in [6.07, 6.45) is 5.13. The number of halogens is 1. The zero-order chi connectivity index (χ0) is 32.6. The molecule has 0 bridgehead atoms. The summed E-state index contributed by atoms with van der Waals surface area (Å²) in [6, 6.07) is 21.0. The van der Waals surface area contributed by atoms with E-state index in [2.05, 4.69) is 31.5 Å². The Balaban J connectivity index is 1.12. The molecule has 1 saturated carbocycles. The average Bonchev–Trinajstić information content (AvgIpc) is 3.58. The van der Waals surface area contributed by atoms with Gasteiger partial charge in [-0.2, -0.15) is 0 Å². The molecule has 1 aliphatic carbocycles. The third-order valence-electron chi connectivity index (χ3n) is 9.88. The minimum atomic E-state index is -1.13. The van der Waals surface area contributed by atoms with Gasteiger partial charge >= 0.3 is 6.03 Å². The van der Waals surface area contributed by atoms with Crippen LogP contribution in [0.3, 0.4) is 0 Å². The van der Waals surface area contributed by atoms with Crippen LogP contribution in [0.4, 0.5) is 4.79 Å². The minimum Gasteiger partial charge on any atom is -0.355 e. The maximum Gasteiger partial charge on any atom is 0.324 e. The number of benzene rings is 3. The summed E-state index contributed by atoms with van der Waals surface area (Å²) in [5.74, 6) is 0.116. The number of nitrogens with zero attached hydrogens (tertiary/aromatic N) is 2. The van der Waals surface area contributed by atoms with Gasteiger partial charge in [-0.05, 0) is 91.7 Å². The van der Waals surface area contributed by atoms with Crippen molar-refractivity contribution in [1.29, 1.82) is 0 Å². The van der Waals surface area contributed by atoms with Gasteiger partial charge in [0.05, 0.1) is 13.2 Å². The maximum atomic E-state index is 14.4. The van der Waals surface area contributed by atoms with Crippen molar-refractivity contribution >= 4 is 44.5 Å². The van der Waals surface area contributed by atoms with Crippen molar-refractivity contribution in [2.24, 2.45) is 11.8 Å². The Morgan fingerprint density at radius 2 is 1.60 bits per heavy atom. The quantitative estimate of drug-likeness (QED) is 0.279. The number of piperidine rings is 1. The number of hydrogen-bond donors (Lipinski definition) is 2. The van der Waals surface area contributed by atoms with E-state index in [9.17, 15) is 14.4 Å². The van der Waals surface area contributed by atoms with Gasteiger partial charge in [0.1, 0.15) is 12.3 Å². The van der Waals surface area contributed by atoms with E-state index in [0.717, 1.165) is 79.3 Å². The molecule has 47 heavy (non-hydrogen) atoms. The molecule has 4 amide bonds. The number of likely N-dealkylation sites (tertiary alicyclic amines) is 1. The Kier molecular flexibility index (Phi) is 11.2. The molecule has 2 N–H and O–H groups in total.